The molecule has 2 aromatic carbocycles. The summed E-state index contributed by atoms with van der Waals surface area (Å²) in [7, 11) is 0. The number of aliphatic hydroxyl groups excluding tert-OH is 1. The molecular weight excluding hydrogens is 521 g/mol. The summed E-state index contributed by atoms with van der Waals surface area (Å²) in [4.78, 5) is 17.3. The van der Waals surface area contributed by atoms with E-state index in [-0.39, 0.29) is 23.3 Å². The van der Waals surface area contributed by atoms with Crippen molar-refractivity contribution in [1.82, 2.24) is 9.88 Å². The van der Waals surface area contributed by atoms with E-state index in [0.717, 1.165) is 4.90 Å². The topological polar surface area (TPSA) is 53.4 Å². The zero-order valence-electron chi connectivity index (χ0n) is 17.6. The highest BCUT2D eigenvalue weighted by molar-refractivity contribution is 6.34. The van der Waals surface area contributed by atoms with Gasteiger partial charge in [-0.25, -0.2) is 4.98 Å². The maximum absolute atomic E-state index is 13.3. The summed E-state index contributed by atoms with van der Waals surface area (Å²) < 4.78 is 79.5. The van der Waals surface area contributed by atoms with Gasteiger partial charge in [-0.3, -0.25) is 4.79 Å². The number of halogens is 8. The Hall–Kier alpha value is -2.82. The number of hydrogen-bond donors (Lipinski definition) is 1. The third-order valence-corrected chi connectivity index (χ3v) is 5.68. The van der Waals surface area contributed by atoms with Crippen LogP contribution in [-0.2, 0) is 30.2 Å². The van der Waals surface area contributed by atoms with E-state index in [1.165, 1.54) is 6.20 Å². The molecule has 0 saturated heterocycles. The maximum atomic E-state index is 13.3. The van der Waals surface area contributed by atoms with Gasteiger partial charge >= 0.3 is 12.4 Å². The molecule has 0 unspecified atom stereocenters. The van der Waals surface area contributed by atoms with E-state index in [0.29, 0.717) is 28.3 Å². The molecule has 0 aliphatic rings. The first-order valence-electron chi connectivity index (χ1n) is 9.86. The quantitative estimate of drug-likeness (QED) is 0.284. The van der Waals surface area contributed by atoms with Gasteiger partial charge in [0.15, 0.2) is 0 Å². The van der Waals surface area contributed by atoms with E-state index in [2.05, 4.69) is 4.98 Å². The molecule has 1 heterocycles. The van der Waals surface area contributed by atoms with Gasteiger partial charge in [0, 0.05) is 35.4 Å². The minimum absolute atomic E-state index is 0.00477. The van der Waals surface area contributed by atoms with Crippen LogP contribution in [0.2, 0.25) is 10.2 Å². The first-order chi connectivity index (χ1) is 16.3. The predicted octanol–water partition coefficient (Wildman–Crippen LogP) is 6.61. The minimum atomic E-state index is -5.05. The molecule has 0 bridgehead atoms. The number of aliphatic hydroxyl groups is 1. The maximum Gasteiger partial charge on any atom is 0.416 e. The molecule has 35 heavy (non-hydrogen) atoms. The second-order valence-corrected chi connectivity index (χ2v) is 8.19. The normalized spacial score (nSPS) is 12.0. The summed E-state index contributed by atoms with van der Waals surface area (Å²) in [5.74, 6) is -0.944. The molecule has 0 fully saturated rings. The van der Waals surface area contributed by atoms with Crippen molar-refractivity contribution >= 4 is 29.1 Å². The fourth-order valence-electron chi connectivity index (χ4n) is 3.40. The molecule has 1 amide bonds. The first kappa shape index (κ1) is 26.8. The Labute approximate surface area is 205 Å². The van der Waals surface area contributed by atoms with E-state index in [1.54, 1.807) is 30.3 Å². The smallest absolute Gasteiger partial charge is 0.387 e. The van der Waals surface area contributed by atoms with Gasteiger partial charge in [0.05, 0.1) is 11.1 Å². The molecule has 186 valence electrons. The van der Waals surface area contributed by atoms with Crippen LogP contribution in [0.4, 0.5) is 26.3 Å². The third kappa shape index (κ3) is 6.45. The largest absolute Gasteiger partial charge is 0.416 e. The lowest BCUT2D eigenvalue weighted by atomic mass is 10.0. The van der Waals surface area contributed by atoms with Crippen molar-refractivity contribution in [3.05, 3.63) is 87.2 Å². The van der Waals surface area contributed by atoms with Crippen LogP contribution >= 0.6 is 23.2 Å². The number of amides is 1. The van der Waals surface area contributed by atoms with Crippen molar-refractivity contribution in [1.29, 1.82) is 0 Å². The molecule has 0 saturated carbocycles. The van der Waals surface area contributed by atoms with Crippen LogP contribution in [0.1, 0.15) is 22.3 Å². The average Bonchev–Trinajstić information content (AvgIpc) is 2.78. The molecule has 0 radical (unpaired) electrons. The van der Waals surface area contributed by atoms with Gasteiger partial charge in [0.1, 0.15) is 11.8 Å². The second kappa shape index (κ2) is 10.4. The number of carbonyl (C=O) groups is 1. The number of pyridine rings is 1. The number of rotatable bonds is 6. The van der Waals surface area contributed by atoms with Gasteiger partial charge in [-0.2, -0.15) is 26.3 Å². The Morgan fingerprint density at radius 1 is 0.886 bits per heavy atom. The van der Waals surface area contributed by atoms with Gasteiger partial charge in [-0.05, 0) is 41.5 Å². The number of alkyl halides is 6. The second-order valence-electron chi connectivity index (χ2n) is 7.43. The molecule has 1 N–H and O–H groups in total. The summed E-state index contributed by atoms with van der Waals surface area (Å²) in [6.07, 6.45) is -8.72. The number of hydrogen-bond acceptors (Lipinski definition) is 3. The van der Waals surface area contributed by atoms with Gasteiger partial charge in [0.25, 0.3) is 0 Å². The van der Waals surface area contributed by atoms with Crippen LogP contribution in [0.15, 0.2) is 54.7 Å². The molecule has 3 rings (SSSR count). The summed E-state index contributed by atoms with van der Waals surface area (Å²) in [5.41, 5.74) is -2.26. The van der Waals surface area contributed by atoms with Crippen LogP contribution < -0.4 is 0 Å². The molecule has 0 aliphatic carbocycles. The van der Waals surface area contributed by atoms with E-state index >= 15 is 0 Å². The Morgan fingerprint density at radius 3 is 2.03 bits per heavy atom. The number of benzene rings is 2. The molecule has 0 aliphatic heterocycles. The SMILES string of the molecule is O=C(CO)N(Cc1cc(C(F)(F)F)cc(C(F)(F)F)c1)Cc1c(-c2ccccc2Cl)ccnc1Cl. The molecule has 0 atom stereocenters. The van der Waals surface area contributed by atoms with E-state index in [9.17, 15) is 36.2 Å². The number of aromatic nitrogens is 1. The van der Waals surface area contributed by atoms with Crippen molar-refractivity contribution in [2.24, 2.45) is 0 Å². The molecule has 4 nitrogen and oxygen atoms in total. The van der Waals surface area contributed by atoms with Crippen molar-refractivity contribution in [2.45, 2.75) is 25.4 Å². The lowest BCUT2D eigenvalue weighted by molar-refractivity contribution is -0.143. The Kier molecular flexibility index (Phi) is 7.98. The highest BCUT2D eigenvalue weighted by atomic mass is 35.5. The first-order valence-corrected chi connectivity index (χ1v) is 10.6. The molecule has 12 heteroatoms. The Morgan fingerprint density at radius 2 is 1.49 bits per heavy atom. The van der Waals surface area contributed by atoms with E-state index in [1.807, 2.05) is 0 Å². The summed E-state index contributed by atoms with van der Waals surface area (Å²) in [5, 5.41) is 9.69. The van der Waals surface area contributed by atoms with Crippen molar-refractivity contribution in [3.63, 3.8) is 0 Å². The summed E-state index contributed by atoms with van der Waals surface area (Å²) in [6, 6.07) is 9.23. The van der Waals surface area contributed by atoms with Crippen LogP contribution in [0, 0.1) is 0 Å². The van der Waals surface area contributed by atoms with E-state index in [4.69, 9.17) is 23.2 Å². The monoisotopic (exact) mass is 536 g/mol. The highest BCUT2D eigenvalue weighted by Crippen LogP contribution is 2.37. The number of carbonyl (C=O) groups excluding carboxylic acids is 1. The lowest BCUT2D eigenvalue weighted by Gasteiger charge is -2.25. The zero-order valence-corrected chi connectivity index (χ0v) is 19.1. The Bertz CT molecular complexity index is 1200. The third-order valence-electron chi connectivity index (χ3n) is 5.03. The van der Waals surface area contributed by atoms with E-state index < -0.39 is 48.1 Å². The predicted molar refractivity (Wildman–Crippen MR) is 117 cm³/mol. The van der Waals surface area contributed by atoms with Crippen molar-refractivity contribution in [3.8, 4) is 11.1 Å². The highest BCUT2D eigenvalue weighted by Gasteiger charge is 2.37. The zero-order chi connectivity index (χ0) is 26.0. The van der Waals surface area contributed by atoms with Crippen molar-refractivity contribution < 1.29 is 36.2 Å². The fraction of sp³-hybridized carbons (Fsp3) is 0.217. The van der Waals surface area contributed by atoms with Crippen LogP contribution in [0.5, 0.6) is 0 Å². The molecule has 1 aromatic heterocycles. The summed E-state index contributed by atoms with van der Waals surface area (Å²) >= 11 is 12.5. The van der Waals surface area contributed by atoms with Gasteiger partial charge < -0.3 is 10.0 Å². The molecule has 3 aromatic rings. The van der Waals surface area contributed by atoms with Crippen LogP contribution in [0.3, 0.4) is 0 Å². The molecule has 0 spiro atoms. The fourth-order valence-corrected chi connectivity index (χ4v) is 3.86. The van der Waals surface area contributed by atoms with Gasteiger partial charge in [-0.15, -0.1) is 0 Å². The average molecular weight is 537 g/mol. The summed E-state index contributed by atoms with van der Waals surface area (Å²) in [6.45, 7) is -2.08. The lowest BCUT2D eigenvalue weighted by Crippen LogP contribution is -2.33. The van der Waals surface area contributed by atoms with Crippen LogP contribution in [0.25, 0.3) is 11.1 Å². The number of nitrogens with zero attached hydrogens (tertiary/aromatic N) is 2. The van der Waals surface area contributed by atoms with Crippen LogP contribution in [-0.4, -0.2) is 27.5 Å². The van der Waals surface area contributed by atoms with Gasteiger partial charge in [-0.1, -0.05) is 41.4 Å². The Balaban J connectivity index is 2.07. The standard InChI is InChI=1S/C23H16Cl2F6N2O2/c24-19-4-2-1-3-17(19)16-5-6-32-21(25)18(16)11-33(20(35)12-34)10-13-7-14(22(26,27)28)9-15(8-13)23(29,30)31/h1-9,34H,10-12H2. The van der Waals surface area contributed by atoms with Crippen molar-refractivity contribution in [2.75, 3.05) is 6.61 Å². The van der Waals surface area contributed by atoms with Gasteiger partial charge in [0.2, 0.25) is 5.91 Å². The molecular formula is C23H16Cl2F6N2O2. The minimum Gasteiger partial charge on any atom is -0.387 e.